The predicted octanol–water partition coefficient (Wildman–Crippen LogP) is 6.09. The highest BCUT2D eigenvalue weighted by molar-refractivity contribution is 9.10. The minimum absolute atomic E-state index is 0.352. The molecule has 1 N–H and O–H groups in total. The first-order valence-electron chi connectivity index (χ1n) is 6.82. The summed E-state index contributed by atoms with van der Waals surface area (Å²) in [6.45, 7) is 3.12. The van der Waals surface area contributed by atoms with Crippen molar-refractivity contribution in [2.75, 3.05) is 0 Å². The Morgan fingerprint density at radius 3 is 2.67 bits per heavy atom. The van der Waals surface area contributed by atoms with Gasteiger partial charge in [0, 0.05) is 32.4 Å². The van der Waals surface area contributed by atoms with Gasteiger partial charge in [0.15, 0.2) is 0 Å². The molecule has 4 heteroatoms. The molecule has 21 heavy (non-hydrogen) atoms. The third-order valence-electron chi connectivity index (χ3n) is 3.41. The molecule has 3 aromatic rings. The van der Waals surface area contributed by atoms with Crippen LogP contribution in [0, 0.1) is 0 Å². The molecule has 0 saturated carbocycles. The molecule has 0 amide bonds. The van der Waals surface area contributed by atoms with Gasteiger partial charge in [-0.15, -0.1) is 22.7 Å². The summed E-state index contributed by atoms with van der Waals surface area (Å²) in [5.74, 6) is 0. The topological polar surface area (TPSA) is 12.0 Å². The predicted molar refractivity (Wildman–Crippen MR) is 97.0 cm³/mol. The molecule has 108 valence electrons. The van der Waals surface area contributed by atoms with Crippen molar-refractivity contribution in [3.05, 3.63) is 68.1 Å². The molecule has 0 aliphatic carbocycles. The van der Waals surface area contributed by atoms with Crippen LogP contribution in [0.5, 0.6) is 0 Å². The van der Waals surface area contributed by atoms with E-state index in [1.54, 1.807) is 11.3 Å². The van der Waals surface area contributed by atoms with Crippen LogP contribution in [-0.2, 0) is 6.54 Å². The molecule has 1 nitrogen and oxygen atoms in total. The van der Waals surface area contributed by atoms with Crippen molar-refractivity contribution >= 4 is 38.6 Å². The first kappa shape index (κ1) is 15.0. The van der Waals surface area contributed by atoms with Gasteiger partial charge in [-0.25, -0.2) is 0 Å². The maximum atomic E-state index is 3.59. The highest BCUT2D eigenvalue weighted by Gasteiger charge is 2.07. The van der Waals surface area contributed by atoms with Gasteiger partial charge in [-0.2, -0.15) is 0 Å². The summed E-state index contributed by atoms with van der Waals surface area (Å²) in [6.07, 6.45) is 0. The van der Waals surface area contributed by atoms with Gasteiger partial charge in [0.1, 0.15) is 0 Å². The first-order chi connectivity index (χ1) is 10.2. The molecule has 2 aromatic heterocycles. The van der Waals surface area contributed by atoms with Gasteiger partial charge in [0.05, 0.1) is 0 Å². The van der Waals surface area contributed by atoms with Gasteiger partial charge < -0.3 is 5.32 Å². The average Bonchev–Trinajstić information content (AvgIpc) is 3.16. The second kappa shape index (κ2) is 6.88. The molecule has 1 aromatic carbocycles. The zero-order valence-corrected chi connectivity index (χ0v) is 14.9. The van der Waals surface area contributed by atoms with Crippen LogP contribution >= 0.6 is 38.6 Å². The van der Waals surface area contributed by atoms with Gasteiger partial charge in [0.25, 0.3) is 0 Å². The van der Waals surface area contributed by atoms with Crippen LogP contribution in [0.15, 0.2) is 57.7 Å². The van der Waals surface area contributed by atoms with Crippen molar-refractivity contribution in [2.24, 2.45) is 0 Å². The van der Waals surface area contributed by atoms with Crippen LogP contribution < -0.4 is 5.32 Å². The summed E-state index contributed by atoms with van der Waals surface area (Å²) in [4.78, 5) is 2.72. The van der Waals surface area contributed by atoms with Crippen LogP contribution in [0.2, 0.25) is 0 Å². The molecule has 2 heterocycles. The van der Waals surface area contributed by atoms with Crippen LogP contribution in [-0.4, -0.2) is 0 Å². The summed E-state index contributed by atoms with van der Waals surface area (Å²) >= 11 is 7.09. The smallest absolute Gasteiger partial charge is 0.0351 e. The molecule has 0 radical (unpaired) electrons. The Labute approximate surface area is 141 Å². The lowest BCUT2D eigenvalue weighted by Gasteiger charge is -2.13. The SMILES string of the molecule is C[C@H](NCc1cc(-c2cccs2)cs1)c1ccc(Br)cc1. The molecule has 3 rings (SSSR count). The zero-order chi connectivity index (χ0) is 14.7. The van der Waals surface area contributed by atoms with E-state index in [2.05, 4.69) is 81.4 Å². The Morgan fingerprint density at radius 1 is 1.14 bits per heavy atom. The van der Waals surface area contributed by atoms with E-state index in [0.717, 1.165) is 11.0 Å². The lowest BCUT2D eigenvalue weighted by Crippen LogP contribution is -2.17. The number of thiophene rings is 2. The minimum atomic E-state index is 0.352. The van der Waals surface area contributed by atoms with Crippen LogP contribution in [0.1, 0.15) is 23.4 Å². The van der Waals surface area contributed by atoms with E-state index in [1.807, 2.05) is 11.3 Å². The first-order valence-corrected chi connectivity index (χ1v) is 9.38. The van der Waals surface area contributed by atoms with Gasteiger partial charge in [-0.05, 0) is 47.5 Å². The normalized spacial score (nSPS) is 12.5. The molecule has 0 unspecified atom stereocenters. The monoisotopic (exact) mass is 377 g/mol. The van der Waals surface area contributed by atoms with E-state index in [1.165, 1.54) is 20.9 Å². The molecule has 0 aliphatic rings. The van der Waals surface area contributed by atoms with Gasteiger partial charge in [0.2, 0.25) is 0 Å². The van der Waals surface area contributed by atoms with E-state index in [0.29, 0.717) is 6.04 Å². The fourth-order valence-corrected chi connectivity index (χ4v) is 4.06. The molecular formula is C17H16BrNS2. The molecule has 0 saturated heterocycles. The third-order valence-corrected chi connectivity index (χ3v) is 5.80. The largest absolute Gasteiger partial charge is 0.305 e. The van der Waals surface area contributed by atoms with Gasteiger partial charge in [-0.3, -0.25) is 0 Å². The van der Waals surface area contributed by atoms with E-state index in [4.69, 9.17) is 0 Å². The average molecular weight is 378 g/mol. The second-order valence-corrected chi connectivity index (χ2v) is 7.79. The Hall–Kier alpha value is -0.940. The maximum absolute atomic E-state index is 3.59. The highest BCUT2D eigenvalue weighted by Crippen LogP contribution is 2.29. The second-order valence-electron chi connectivity index (χ2n) is 4.93. The van der Waals surface area contributed by atoms with Crippen molar-refractivity contribution in [1.29, 1.82) is 0 Å². The maximum Gasteiger partial charge on any atom is 0.0351 e. The van der Waals surface area contributed by atoms with Crippen LogP contribution in [0.3, 0.4) is 0 Å². The zero-order valence-electron chi connectivity index (χ0n) is 11.7. The Kier molecular flexibility index (Phi) is 4.91. The quantitative estimate of drug-likeness (QED) is 0.567. The summed E-state index contributed by atoms with van der Waals surface area (Å²) < 4.78 is 1.12. The van der Waals surface area contributed by atoms with E-state index >= 15 is 0 Å². The summed E-state index contributed by atoms with van der Waals surface area (Å²) in [5.41, 5.74) is 2.65. The number of hydrogen-bond donors (Lipinski definition) is 1. The summed E-state index contributed by atoms with van der Waals surface area (Å²) in [7, 11) is 0. The minimum Gasteiger partial charge on any atom is -0.305 e. The van der Waals surface area contributed by atoms with Crippen molar-refractivity contribution in [3.63, 3.8) is 0 Å². The lowest BCUT2D eigenvalue weighted by atomic mass is 10.1. The number of nitrogens with one attached hydrogen (secondary N) is 1. The Bertz CT molecular complexity index is 686. The summed E-state index contributed by atoms with van der Waals surface area (Å²) in [6, 6.07) is 15.4. The lowest BCUT2D eigenvalue weighted by molar-refractivity contribution is 0.579. The molecule has 0 bridgehead atoms. The fraction of sp³-hybridized carbons (Fsp3) is 0.176. The molecule has 0 spiro atoms. The number of hydrogen-bond acceptors (Lipinski definition) is 3. The van der Waals surface area contributed by atoms with Gasteiger partial charge >= 0.3 is 0 Å². The van der Waals surface area contributed by atoms with Crippen molar-refractivity contribution in [1.82, 2.24) is 5.32 Å². The van der Waals surface area contributed by atoms with Crippen LogP contribution in [0.25, 0.3) is 10.4 Å². The Balaban J connectivity index is 1.61. The van der Waals surface area contributed by atoms with Crippen molar-refractivity contribution in [3.8, 4) is 10.4 Å². The third kappa shape index (κ3) is 3.83. The number of halogens is 1. The molecule has 0 aliphatic heterocycles. The number of benzene rings is 1. The van der Waals surface area contributed by atoms with E-state index in [-0.39, 0.29) is 0 Å². The van der Waals surface area contributed by atoms with Crippen molar-refractivity contribution < 1.29 is 0 Å². The van der Waals surface area contributed by atoms with E-state index < -0.39 is 0 Å². The Morgan fingerprint density at radius 2 is 1.95 bits per heavy atom. The summed E-state index contributed by atoms with van der Waals surface area (Å²) in [5, 5.41) is 7.96. The standard InChI is InChI=1S/C17H16BrNS2/c1-12(13-4-6-15(18)7-5-13)19-10-16-9-14(11-21-16)17-3-2-8-20-17/h2-9,11-12,19H,10H2,1H3/t12-/m0/s1. The highest BCUT2D eigenvalue weighted by atomic mass is 79.9. The van der Waals surface area contributed by atoms with Crippen molar-refractivity contribution in [2.45, 2.75) is 19.5 Å². The number of rotatable bonds is 5. The van der Waals surface area contributed by atoms with E-state index in [9.17, 15) is 0 Å². The molecule has 0 fully saturated rings. The fourth-order valence-electron chi connectivity index (χ4n) is 2.17. The van der Waals surface area contributed by atoms with Gasteiger partial charge in [-0.1, -0.05) is 34.1 Å². The molecular weight excluding hydrogens is 362 g/mol. The molecule has 1 atom stereocenters. The van der Waals surface area contributed by atoms with Crippen LogP contribution in [0.4, 0.5) is 0 Å².